The lowest BCUT2D eigenvalue weighted by molar-refractivity contribution is 0.331. The zero-order valence-electron chi connectivity index (χ0n) is 13.6. The third-order valence-electron chi connectivity index (χ3n) is 3.11. The molecule has 1 heterocycles. The number of ether oxygens (including phenoxy) is 2. The number of anilines is 2. The van der Waals surface area contributed by atoms with Crippen molar-refractivity contribution in [3.05, 3.63) is 30.5 Å². The maximum atomic E-state index is 5.63. The minimum absolute atomic E-state index is 0.491. The molecule has 2 aromatic rings. The molecule has 0 bridgehead atoms. The van der Waals surface area contributed by atoms with E-state index in [4.69, 9.17) is 9.47 Å². The van der Waals surface area contributed by atoms with Crippen LogP contribution in [-0.2, 0) is 0 Å². The predicted molar refractivity (Wildman–Crippen MR) is 90.2 cm³/mol. The van der Waals surface area contributed by atoms with Crippen LogP contribution in [0.1, 0.15) is 19.8 Å². The van der Waals surface area contributed by atoms with Crippen molar-refractivity contribution in [1.29, 1.82) is 0 Å². The topological polar surface area (TPSA) is 81.2 Å². The average Bonchev–Trinajstić information content (AvgIpc) is 2.60. The summed E-state index contributed by atoms with van der Waals surface area (Å²) < 4.78 is 10.7. The molecule has 0 atom stereocenters. The molecule has 0 aliphatic heterocycles. The molecule has 7 heteroatoms. The van der Waals surface area contributed by atoms with Gasteiger partial charge in [0.2, 0.25) is 5.95 Å². The van der Waals surface area contributed by atoms with Gasteiger partial charge in [0.1, 0.15) is 23.9 Å². The first-order valence-corrected chi connectivity index (χ1v) is 7.76. The van der Waals surface area contributed by atoms with Crippen LogP contribution in [0.5, 0.6) is 11.5 Å². The molecule has 1 aromatic carbocycles. The molecule has 0 spiro atoms. The van der Waals surface area contributed by atoms with E-state index in [0.29, 0.717) is 19.1 Å². The Morgan fingerprint density at radius 1 is 1.04 bits per heavy atom. The first-order chi connectivity index (χ1) is 11.3. The summed E-state index contributed by atoms with van der Waals surface area (Å²) in [6, 6.07) is 7.47. The fraction of sp³-hybridized carbons (Fsp3) is 0.438. The first-order valence-electron chi connectivity index (χ1n) is 7.76. The van der Waals surface area contributed by atoms with Gasteiger partial charge in [0.25, 0.3) is 0 Å². The maximum absolute atomic E-state index is 5.63. The smallest absolute Gasteiger partial charge is 0.244 e. The third-order valence-corrected chi connectivity index (χ3v) is 3.11. The summed E-state index contributed by atoms with van der Waals surface area (Å²) >= 11 is 0. The van der Waals surface area contributed by atoms with Gasteiger partial charge in [-0.3, -0.25) is 0 Å². The molecule has 1 aromatic heterocycles. The van der Waals surface area contributed by atoms with Gasteiger partial charge in [-0.2, -0.15) is 10.1 Å². The minimum Gasteiger partial charge on any atom is -0.497 e. The molecule has 0 radical (unpaired) electrons. The van der Waals surface area contributed by atoms with Gasteiger partial charge in [-0.05, 0) is 30.7 Å². The van der Waals surface area contributed by atoms with Crippen molar-refractivity contribution in [3.8, 4) is 11.5 Å². The molecule has 2 rings (SSSR count). The van der Waals surface area contributed by atoms with E-state index in [0.717, 1.165) is 36.7 Å². The number of hydrogen-bond donors (Lipinski definition) is 2. The highest BCUT2D eigenvalue weighted by Crippen LogP contribution is 2.16. The van der Waals surface area contributed by atoms with Crippen molar-refractivity contribution in [3.63, 3.8) is 0 Å². The summed E-state index contributed by atoms with van der Waals surface area (Å²) in [7, 11) is 1.64. The molecule has 0 amide bonds. The second kappa shape index (κ2) is 9.45. The van der Waals surface area contributed by atoms with Crippen molar-refractivity contribution < 1.29 is 9.47 Å². The fourth-order valence-corrected chi connectivity index (χ4v) is 1.86. The predicted octanol–water partition coefficient (Wildman–Crippen LogP) is 2.58. The largest absolute Gasteiger partial charge is 0.497 e. The third kappa shape index (κ3) is 5.98. The lowest BCUT2D eigenvalue weighted by Crippen LogP contribution is -2.14. The van der Waals surface area contributed by atoms with Crippen LogP contribution in [0.15, 0.2) is 30.5 Å². The number of nitrogens with zero attached hydrogens (tertiary/aromatic N) is 3. The van der Waals surface area contributed by atoms with Gasteiger partial charge in [-0.1, -0.05) is 13.3 Å². The molecule has 0 aliphatic carbocycles. The van der Waals surface area contributed by atoms with Gasteiger partial charge in [0.15, 0.2) is 0 Å². The Hall–Kier alpha value is -2.57. The van der Waals surface area contributed by atoms with Crippen LogP contribution in [0.3, 0.4) is 0 Å². The van der Waals surface area contributed by atoms with Crippen LogP contribution < -0.4 is 20.1 Å². The van der Waals surface area contributed by atoms with Gasteiger partial charge >= 0.3 is 0 Å². The van der Waals surface area contributed by atoms with E-state index in [-0.39, 0.29) is 0 Å². The molecule has 0 unspecified atom stereocenters. The second-order valence-corrected chi connectivity index (χ2v) is 4.90. The van der Waals surface area contributed by atoms with E-state index in [9.17, 15) is 0 Å². The highest BCUT2D eigenvalue weighted by Gasteiger charge is 2.00. The van der Waals surface area contributed by atoms with E-state index >= 15 is 0 Å². The molecular formula is C16H23N5O2. The van der Waals surface area contributed by atoms with Gasteiger partial charge in [0.05, 0.1) is 19.9 Å². The summed E-state index contributed by atoms with van der Waals surface area (Å²) in [5.74, 6) is 2.82. The van der Waals surface area contributed by atoms with Gasteiger partial charge < -0.3 is 20.1 Å². The number of benzene rings is 1. The highest BCUT2D eigenvalue weighted by molar-refractivity contribution is 5.36. The Labute approximate surface area is 136 Å². The monoisotopic (exact) mass is 317 g/mol. The molecule has 0 aliphatic rings. The van der Waals surface area contributed by atoms with Crippen LogP contribution in [-0.4, -0.2) is 42.0 Å². The summed E-state index contributed by atoms with van der Waals surface area (Å²) in [5.41, 5.74) is 0. The number of methoxy groups -OCH3 is 1. The molecule has 0 fully saturated rings. The Balaban J connectivity index is 1.71. The summed E-state index contributed by atoms with van der Waals surface area (Å²) in [6.07, 6.45) is 3.86. The molecule has 7 nitrogen and oxygen atoms in total. The van der Waals surface area contributed by atoms with Crippen LogP contribution in [0.25, 0.3) is 0 Å². The van der Waals surface area contributed by atoms with Crippen molar-refractivity contribution in [2.45, 2.75) is 19.8 Å². The molecule has 124 valence electrons. The van der Waals surface area contributed by atoms with E-state index in [1.807, 2.05) is 24.3 Å². The fourth-order valence-electron chi connectivity index (χ4n) is 1.86. The Morgan fingerprint density at radius 2 is 1.83 bits per heavy atom. The van der Waals surface area contributed by atoms with Gasteiger partial charge in [0, 0.05) is 6.54 Å². The van der Waals surface area contributed by atoms with Crippen LogP contribution >= 0.6 is 0 Å². The van der Waals surface area contributed by atoms with Gasteiger partial charge in [-0.25, -0.2) is 0 Å². The zero-order valence-corrected chi connectivity index (χ0v) is 13.6. The van der Waals surface area contributed by atoms with E-state index in [1.165, 1.54) is 0 Å². The van der Waals surface area contributed by atoms with E-state index in [2.05, 4.69) is 32.7 Å². The molecular weight excluding hydrogens is 294 g/mol. The van der Waals surface area contributed by atoms with Crippen molar-refractivity contribution in [2.75, 3.05) is 37.4 Å². The number of unbranched alkanes of at least 4 members (excludes halogenated alkanes) is 1. The van der Waals surface area contributed by atoms with E-state index in [1.54, 1.807) is 13.3 Å². The molecule has 2 N–H and O–H groups in total. The van der Waals surface area contributed by atoms with Crippen molar-refractivity contribution >= 4 is 11.8 Å². The Morgan fingerprint density at radius 3 is 2.57 bits per heavy atom. The first kappa shape index (κ1) is 16.8. The Bertz CT molecular complexity index is 577. The second-order valence-electron chi connectivity index (χ2n) is 4.90. The molecule has 23 heavy (non-hydrogen) atoms. The number of aromatic nitrogens is 3. The molecule has 0 saturated carbocycles. The van der Waals surface area contributed by atoms with Gasteiger partial charge in [-0.15, -0.1) is 5.10 Å². The lowest BCUT2D eigenvalue weighted by Gasteiger charge is -2.09. The summed E-state index contributed by atoms with van der Waals surface area (Å²) in [5, 5.41) is 14.2. The normalized spacial score (nSPS) is 10.2. The maximum Gasteiger partial charge on any atom is 0.244 e. The number of rotatable bonds is 10. The van der Waals surface area contributed by atoms with Crippen LogP contribution in [0, 0.1) is 0 Å². The van der Waals surface area contributed by atoms with E-state index < -0.39 is 0 Å². The summed E-state index contributed by atoms with van der Waals surface area (Å²) in [6.45, 7) is 4.13. The summed E-state index contributed by atoms with van der Waals surface area (Å²) in [4.78, 5) is 4.34. The van der Waals surface area contributed by atoms with Crippen LogP contribution in [0.2, 0.25) is 0 Å². The lowest BCUT2D eigenvalue weighted by atomic mass is 10.3. The minimum atomic E-state index is 0.491. The number of nitrogens with one attached hydrogen (secondary N) is 2. The SMILES string of the molecule is CCCCNc1cnnc(NCCOc2ccc(OC)cc2)n1. The van der Waals surface area contributed by atoms with Crippen LogP contribution in [0.4, 0.5) is 11.8 Å². The number of hydrogen-bond acceptors (Lipinski definition) is 7. The van der Waals surface area contributed by atoms with Crippen molar-refractivity contribution in [2.24, 2.45) is 0 Å². The van der Waals surface area contributed by atoms with Crippen molar-refractivity contribution in [1.82, 2.24) is 15.2 Å². The Kier molecular flexibility index (Phi) is 6.90. The quantitative estimate of drug-likeness (QED) is 0.652. The molecule has 0 saturated heterocycles. The zero-order chi connectivity index (χ0) is 16.3. The average molecular weight is 317 g/mol. The highest BCUT2D eigenvalue weighted by atomic mass is 16.5. The standard InChI is InChI=1S/C16H23N5O2/c1-3-4-9-17-15-12-19-21-16(20-15)18-10-11-23-14-7-5-13(22-2)6-8-14/h5-8,12H,3-4,9-11H2,1-2H3,(H2,17,18,20,21).